The zero-order valence-electron chi connectivity index (χ0n) is 20.1. The molecule has 9 nitrogen and oxygen atoms in total. The van der Waals surface area contributed by atoms with Crippen LogP contribution in [0.2, 0.25) is 0 Å². The van der Waals surface area contributed by atoms with Crippen molar-refractivity contribution >= 4 is 18.0 Å². The highest BCUT2D eigenvalue weighted by Gasteiger charge is 2.38. The van der Waals surface area contributed by atoms with Crippen LogP contribution in [0.5, 0.6) is 0 Å². The third kappa shape index (κ3) is 8.51. The van der Waals surface area contributed by atoms with E-state index in [1.807, 2.05) is 41.3 Å². The molecule has 192 valence electrons. The monoisotopic (exact) mass is 496 g/mol. The van der Waals surface area contributed by atoms with E-state index < -0.39 is 11.9 Å². The molecule has 2 atom stereocenters. The van der Waals surface area contributed by atoms with Crippen LogP contribution < -0.4 is 0 Å². The summed E-state index contributed by atoms with van der Waals surface area (Å²) in [5.74, 6) is -2.51. The topological polar surface area (TPSA) is 117 Å². The number of aliphatic carboxylic acids is 2. The molecule has 36 heavy (non-hydrogen) atoms. The molecular weight excluding hydrogens is 464 g/mol. The second-order valence-corrected chi connectivity index (χ2v) is 8.51. The van der Waals surface area contributed by atoms with Gasteiger partial charge in [-0.2, -0.15) is 0 Å². The summed E-state index contributed by atoms with van der Waals surface area (Å²) in [5, 5.41) is 15.6. The van der Waals surface area contributed by atoms with E-state index in [-0.39, 0.29) is 18.2 Å². The fourth-order valence-corrected chi connectivity index (χ4v) is 4.31. The lowest BCUT2D eigenvalue weighted by Crippen LogP contribution is -2.42. The van der Waals surface area contributed by atoms with Crippen molar-refractivity contribution < 1.29 is 34.1 Å². The summed E-state index contributed by atoms with van der Waals surface area (Å²) in [6.07, 6.45) is 2.62. The number of carbonyl (C=O) groups excluding carboxylic acids is 1. The summed E-state index contributed by atoms with van der Waals surface area (Å²) >= 11 is 0. The van der Waals surface area contributed by atoms with Crippen LogP contribution in [0.4, 0.5) is 4.79 Å². The van der Waals surface area contributed by atoms with Crippen molar-refractivity contribution in [3.05, 3.63) is 83.9 Å². The minimum absolute atomic E-state index is 0.0211. The zero-order valence-corrected chi connectivity index (χ0v) is 20.1. The molecule has 2 heterocycles. The Labute approximate surface area is 210 Å². The maximum atomic E-state index is 12.7. The first kappa shape index (κ1) is 26.9. The van der Waals surface area contributed by atoms with Gasteiger partial charge < -0.3 is 19.7 Å². The van der Waals surface area contributed by atoms with Gasteiger partial charge in [0.05, 0.1) is 25.3 Å². The molecule has 2 aromatic rings. The summed E-state index contributed by atoms with van der Waals surface area (Å²) in [6, 6.07) is 20.8. The Bertz CT molecular complexity index is 991. The van der Waals surface area contributed by atoms with E-state index in [1.165, 1.54) is 11.1 Å². The highest BCUT2D eigenvalue weighted by Crippen LogP contribution is 2.32. The molecule has 0 radical (unpaired) electrons. The summed E-state index contributed by atoms with van der Waals surface area (Å²) in [5.41, 5.74) is 2.41. The summed E-state index contributed by atoms with van der Waals surface area (Å²) in [6.45, 7) is 4.90. The molecule has 2 saturated heterocycles. The van der Waals surface area contributed by atoms with Crippen LogP contribution >= 0.6 is 0 Å². The van der Waals surface area contributed by atoms with Crippen LogP contribution in [0, 0.1) is 0 Å². The molecule has 4 rings (SSSR count). The highest BCUT2D eigenvalue weighted by molar-refractivity contribution is 5.89. The molecule has 2 aromatic carbocycles. The second-order valence-electron chi connectivity index (χ2n) is 8.51. The molecular formula is C27H32N2O7. The van der Waals surface area contributed by atoms with Crippen LogP contribution in [-0.2, 0) is 25.5 Å². The minimum Gasteiger partial charge on any atom is -0.478 e. The van der Waals surface area contributed by atoms with Crippen molar-refractivity contribution in [1.82, 2.24) is 9.80 Å². The van der Waals surface area contributed by atoms with Crippen molar-refractivity contribution in [3.8, 4) is 0 Å². The van der Waals surface area contributed by atoms with Crippen molar-refractivity contribution in [2.75, 3.05) is 39.5 Å². The number of carbonyl (C=O) groups is 3. The van der Waals surface area contributed by atoms with Crippen LogP contribution in [0.3, 0.4) is 0 Å². The highest BCUT2D eigenvalue weighted by atomic mass is 16.6. The number of benzene rings is 2. The molecule has 0 bridgehead atoms. The number of morpholine rings is 1. The third-order valence-electron chi connectivity index (χ3n) is 6.03. The Morgan fingerprint density at radius 2 is 1.53 bits per heavy atom. The smallest absolute Gasteiger partial charge is 0.410 e. The quantitative estimate of drug-likeness (QED) is 0.509. The number of hydrogen-bond donors (Lipinski definition) is 2. The fraction of sp³-hybridized carbons (Fsp3) is 0.370. The number of cyclic esters (lactones) is 1. The maximum absolute atomic E-state index is 12.7. The first-order valence-corrected chi connectivity index (χ1v) is 11.9. The SMILES string of the molecule is O=C(O)C=CC(=O)O.O=C1OCC(Cc2ccccc2)N1C(CCN1CCOCC1)c1ccccc1. The van der Waals surface area contributed by atoms with Gasteiger partial charge in [-0.15, -0.1) is 0 Å². The van der Waals surface area contributed by atoms with Gasteiger partial charge in [-0.3, -0.25) is 9.80 Å². The first-order valence-electron chi connectivity index (χ1n) is 11.9. The predicted octanol–water partition coefficient (Wildman–Crippen LogP) is 3.23. The van der Waals surface area contributed by atoms with Gasteiger partial charge >= 0.3 is 18.0 Å². The van der Waals surface area contributed by atoms with Crippen LogP contribution in [0.25, 0.3) is 0 Å². The predicted molar refractivity (Wildman–Crippen MR) is 133 cm³/mol. The number of rotatable bonds is 9. The van der Waals surface area contributed by atoms with Gasteiger partial charge in [-0.25, -0.2) is 14.4 Å². The van der Waals surface area contributed by atoms with Crippen molar-refractivity contribution in [2.45, 2.75) is 24.9 Å². The average Bonchev–Trinajstić information content (AvgIpc) is 3.25. The molecule has 2 aliphatic rings. The van der Waals surface area contributed by atoms with Crippen molar-refractivity contribution in [3.63, 3.8) is 0 Å². The van der Waals surface area contributed by atoms with Crippen LogP contribution in [0.1, 0.15) is 23.6 Å². The fourth-order valence-electron chi connectivity index (χ4n) is 4.31. The molecule has 1 amide bonds. The van der Waals surface area contributed by atoms with Crippen LogP contribution in [-0.4, -0.2) is 83.5 Å². The number of amides is 1. The minimum atomic E-state index is -1.26. The number of hydrogen-bond acceptors (Lipinski definition) is 6. The molecule has 0 spiro atoms. The van der Waals surface area contributed by atoms with E-state index in [4.69, 9.17) is 19.7 Å². The standard InChI is InChI=1S/C23H28N2O3.C4H4O4/c26-23-25(21(18-28-23)17-19-7-3-1-4-8-19)22(20-9-5-2-6-10-20)11-12-24-13-15-27-16-14-24;5-3(6)1-2-4(7)8/h1-10,21-22H,11-18H2;1-2H,(H,5,6)(H,7,8). The Morgan fingerprint density at radius 3 is 2.11 bits per heavy atom. The first-order chi connectivity index (χ1) is 17.4. The molecule has 0 aliphatic carbocycles. The molecule has 2 aliphatic heterocycles. The maximum Gasteiger partial charge on any atom is 0.410 e. The van der Waals surface area contributed by atoms with Crippen molar-refractivity contribution in [1.29, 1.82) is 0 Å². The van der Waals surface area contributed by atoms with Crippen molar-refractivity contribution in [2.24, 2.45) is 0 Å². The van der Waals surface area contributed by atoms with Gasteiger partial charge in [0, 0.05) is 31.8 Å². The van der Waals surface area contributed by atoms with Gasteiger partial charge in [-0.05, 0) is 24.0 Å². The van der Waals surface area contributed by atoms with Crippen LogP contribution in [0.15, 0.2) is 72.8 Å². The zero-order chi connectivity index (χ0) is 25.8. The number of carboxylic acids is 2. The van der Waals surface area contributed by atoms with E-state index in [2.05, 4.69) is 29.2 Å². The van der Waals surface area contributed by atoms with E-state index in [1.54, 1.807) is 0 Å². The van der Waals surface area contributed by atoms with Gasteiger partial charge in [0.1, 0.15) is 6.61 Å². The number of nitrogens with zero attached hydrogens (tertiary/aromatic N) is 2. The Morgan fingerprint density at radius 1 is 0.944 bits per heavy atom. The van der Waals surface area contributed by atoms with E-state index in [9.17, 15) is 14.4 Å². The number of carboxylic acid groups (broad SMARTS) is 2. The molecule has 2 unspecified atom stereocenters. The summed E-state index contributed by atoms with van der Waals surface area (Å²) < 4.78 is 11.0. The van der Waals surface area contributed by atoms with E-state index in [0.717, 1.165) is 45.7 Å². The Kier molecular flexibility index (Phi) is 10.5. The molecule has 0 aromatic heterocycles. The number of ether oxygens (including phenoxy) is 2. The second kappa shape index (κ2) is 14.0. The lowest BCUT2D eigenvalue weighted by molar-refractivity contribution is -0.134. The van der Waals surface area contributed by atoms with E-state index in [0.29, 0.717) is 18.8 Å². The van der Waals surface area contributed by atoms with Gasteiger partial charge in [0.15, 0.2) is 0 Å². The molecule has 9 heteroatoms. The van der Waals surface area contributed by atoms with E-state index >= 15 is 0 Å². The lowest BCUT2D eigenvalue weighted by atomic mass is 9.98. The third-order valence-corrected chi connectivity index (χ3v) is 6.03. The average molecular weight is 497 g/mol. The largest absolute Gasteiger partial charge is 0.478 e. The summed E-state index contributed by atoms with van der Waals surface area (Å²) in [4.78, 5) is 36.2. The molecule has 0 saturated carbocycles. The Balaban J connectivity index is 0.000000392. The van der Waals surface area contributed by atoms with Gasteiger partial charge in [-0.1, -0.05) is 60.7 Å². The normalized spacial score (nSPS) is 18.8. The molecule has 2 fully saturated rings. The Hall–Kier alpha value is -3.69. The summed E-state index contributed by atoms with van der Waals surface area (Å²) in [7, 11) is 0. The van der Waals surface area contributed by atoms with Gasteiger partial charge in [0.2, 0.25) is 0 Å². The molecule has 2 N–H and O–H groups in total. The van der Waals surface area contributed by atoms with Gasteiger partial charge in [0.25, 0.3) is 0 Å². The lowest BCUT2D eigenvalue weighted by Gasteiger charge is -2.34.